The summed E-state index contributed by atoms with van der Waals surface area (Å²) in [7, 11) is 0. The molecule has 0 bridgehead atoms. The predicted octanol–water partition coefficient (Wildman–Crippen LogP) is 4.10. The molecule has 0 radical (unpaired) electrons. The molecular weight excluding hydrogens is 144 g/mol. The Hall–Kier alpha value is 0. The van der Waals surface area contributed by atoms with Gasteiger partial charge in [0.1, 0.15) is 0 Å². The Labute approximate surface area is 77.7 Å². The molecule has 0 N–H and O–H groups in total. The second-order valence-corrected chi connectivity index (χ2v) is 5.11. The second kappa shape index (κ2) is 4.30. The Bertz CT molecular complexity index is 120. The van der Waals surface area contributed by atoms with Crippen LogP contribution in [0.15, 0.2) is 0 Å². The summed E-state index contributed by atoms with van der Waals surface area (Å²) < 4.78 is 0. The number of hydrogen-bond donors (Lipinski definition) is 0. The third-order valence-corrected chi connectivity index (χ3v) is 3.50. The lowest BCUT2D eigenvalue weighted by atomic mass is 9.66. The van der Waals surface area contributed by atoms with Crippen LogP contribution in [-0.4, -0.2) is 0 Å². The first-order valence-corrected chi connectivity index (χ1v) is 5.63. The maximum Gasteiger partial charge on any atom is -0.0383 e. The van der Waals surface area contributed by atoms with E-state index in [1.165, 1.54) is 25.7 Å². The fourth-order valence-corrected chi connectivity index (χ4v) is 2.52. The average molecular weight is 168 g/mol. The van der Waals surface area contributed by atoms with Gasteiger partial charge in [0.25, 0.3) is 0 Å². The van der Waals surface area contributed by atoms with Crippen molar-refractivity contribution in [2.75, 3.05) is 0 Å². The zero-order chi connectivity index (χ0) is 9.14. The first-order chi connectivity index (χ1) is 5.63. The first kappa shape index (κ1) is 10.1. The molecule has 1 atom stereocenters. The highest BCUT2D eigenvalue weighted by Crippen LogP contribution is 2.42. The largest absolute Gasteiger partial charge is 0.0651 e. The smallest absolute Gasteiger partial charge is 0.0383 e. The van der Waals surface area contributed by atoms with Crippen molar-refractivity contribution in [1.29, 1.82) is 0 Å². The summed E-state index contributed by atoms with van der Waals surface area (Å²) in [5.74, 6) is 4.01. The molecular formula is C12H24. The van der Waals surface area contributed by atoms with E-state index in [1.54, 1.807) is 0 Å². The Balaban J connectivity index is 2.14. The van der Waals surface area contributed by atoms with Gasteiger partial charge in [-0.1, -0.05) is 34.1 Å². The van der Waals surface area contributed by atoms with Crippen molar-refractivity contribution in [3.8, 4) is 0 Å². The van der Waals surface area contributed by atoms with Crippen LogP contribution in [0.4, 0.5) is 0 Å². The molecule has 1 unspecified atom stereocenters. The number of rotatable bonds is 4. The predicted molar refractivity (Wildman–Crippen MR) is 55.1 cm³/mol. The molecule has 1 saturated carbocycles. The highest BCUT2D eigenvalue weighted by atomic mass is 14.4. The van der Waals surface area contributed by atoms with E-state index in [0.29, 0.717) is 0 Å². The van der Waals surface area contributed by atoms with Crippen molar-refractivity contribution in [2.45, 2.75) is 53.4 Å². The highest BCUT2D eigenvalue weighted by Gasteiger charge is 2.31. The van der Waals surface area contributed by atoms with E-state index in [0.717, 1.165) is 23.7 Å². The molecule has 1 rings (SSSR count). The van der Waals surface area contributed by atoms with Gasteiger partial charge in [0.15, 0.2) is 0 Å². The SMILES string of the molecule is CCC1CC(C(C)CC(C)C)C1. The maximum absolute atomic E-state index is 2.44. The average Bonchev–Trinajstić information content (AvgIpc) is 1.82. The van der Waals surface area contributed by atoms with E-state index in [-0.39, 0.29) is 0 Å². The van der Waals surface area contributed by atoms with Crippen LogP contribution in [-0.2, 0) is 0 Å². The molecule has 1 aliphatic carbocycles. The lowest BCUT2D eigenvalue weighted by Crippen LogP contribution is -2.29. The summed E-state index contributed by atoms with van der Waals surface area (Å²) in [6.45, 7) is 9.45. The Kier molecular flexibility index (Phi) is 3.61. The summed E-state index contributed by atoms with van der Waals surface area (Å²) in [4.78, 5) is 0. The van der Waals surface area contributed by atoms with Gasteiger partial charge < -0.3 is 0 Å². The van der Waals surface area contributed by atoms with Crippen molar-refractivity contribution >= 4 is 0 Å². The third-order valence-electron chi connectivity index (χ3n) is 3.50. The molecule has 0 aromatic carbocycles. The minimum Gasteiger partial charge on any atom is -0.0651 e. The van der Waals surface area contributed by atoms with Crippen molar-refractivity contribution in [2.24, 2.45) is 23.7 Å². The fraction of sp³-hybridized carbons (Fsp3) is 1.00. The van der Waals surface area contributed by atoms with Crippen molar-refractivity contribution < 1.29 is 0 Å². The van der Waals surface area contributed by atoms with E-state index in [2.05, 4.69) is 27.7 Å². The third kappa shape index (κ3) is 2.50. The van der Waals surface area contributed by atoms with E-state index in [4.69, 9.17) is 0 Å². The van der Waals surface area contributed by atoms with Crippen molar-refractivity contribution in [3.05, 3.63) is 0 Å². The Morgan fingerprint density at radius 1 is 1.17 bits per heavy atom. The van der Waals surface area contributed by atoms with Gasteiger partial charge in [-0.25, -0.2) is 0 Å². The lowest BCUT2D eigenvalue weighted by molar-refractivity contribution is 0.116. The minimum atomic E-state index is 0.890. The van der Waals surface area contributed by atoms with Crippen LogP contribution < -0.4 is 0 Å². The van der Waals surface area contributed by atoms with E-state index >= 15 is 0 Å². The van der Waals surface area contributed by atoms with E-state index in [9.17, 15) is 0 Å². The molecule has 0 aromatic heterocycles. The highest BCUT2D eigenvalue weighted by molar-refractivity contribution is 4.82. The summed E-state index contributed by atoms with van der Waals surface area (Å²) in [6, 6.07) is 0. The monoisotopic (exact) mass is 168 g/mol. The molecule has 0 aliphatic heterocycles. The van der Waals surface area contributed by atoms with E-state index < -0.39 is 0 Å². The minimum absolute atomic E-state index is 0.890. The molecule has 0 heteroatoms. The normalized spacial score (nSPS) is 31.8. The summed E-state index contributed by atoms with van der Waals surface area (Å²) in [5, 5.41) is 0. The Morgan fingerprint density at radius 3 is 2.17 bits per heavy atom. The van der Waals surface area contributed by atoms with Gasteiger partial charge in [-0.3, -0.25) is 0 Å². The number of hydrogen-bond acceptors (Lipinski definition) is 0. The fourth-order valence-electron chi connectivity index (χ4n) is 2.52. The zero-order valence-electron chi connectivity index (χ0n) is 9.14. The summed E-state index contributed by atoms with van der Waals surface area (Å²) in [5.41, 5.74) is 0. The molecule has 72 valence electrons. The molecule has 0 heterocycles. The molecule has 1 fully saturated rings. The van der Waals surface area contributed by atoms with Crippen LogP contribution >= 0.6 is 0 Å². The quantitative estimate of drug-likeness (QED) is 0.592. The molecule has 1 aliphatic rings. The second-order valence-electron chi connectivity index (χ2n) is 5.11. The van der Waals surface area contributed by atoms with Gasteiger partial charge in [-0.05, 0) is 42.9 Å². The van der Waals surface area contributed by atoms with Gasteiger partial charge in [0, 0.05) is 0 Å². The van der Waals surface area contributed by atoms with Crippen molar-refractivity contribution in [1.82, 2.24) is 0 Å². The summed E-state index contributed by atoms with van der Waals surface area (Å²) >= 11 is 0. The maximum atomic E-state index is 2.44. The molecule has 0 aromatic rings. The molecule has 0 spiro atoms. The van der Waals surface area contributed by atoms with Crippen LogP contribution in [0.2, 0.25) is 0 Å². The zero-order valence-corrected chi connectivity index (χ0v) is 9.14. The molecule has 12 heavy (non-hydrogen) atoms. The topological polar surface area (TPSA) is 0 Å². The van der Waals surface area contributed by atoms with Crippen LogP contribution in [0.25, 0.3) is 0 Å². The van der Waals surface area contributed by atoms with Crippen LogP contribution in [0.1, 0.15) is 53.4 Å². The lowest BCUT2D eigenvalue weighted by Gasteiger charge is -2.39. The first-order valence-electron chi connectivity index (χ1n) is 5.63. The van der Waals surface area contributed by atoms with Crippen LogP contribution in [0.5, 0.6) is 0 Å². The summed E-state index contributed by atoms with van der Waals surface area (Å²) in [6.07, 6.45) is 5.88. The standard InChI is InChI=1S/C12H24/c1-5-11-7-12(8-11)10(4)6-9(2)3/h9-12H,5-8H2,1-4H3. The van der Waals surface area contributed by atoms with Crippen LogP contribution in [0, 0.1) is 23.7 Å². The molecule has 0 nitrogen and oxygen atoms in total. The van der Waals surface area contributed by atoms with Gasteiger partial charge >= 0.3 is 0 Å². The molecule has 0 amide bonds. The molecule has 0 saturated heterocycles. The Morgan fingerprint density at radius 2 is 1.75 bits per heavy atom. The van der Waals surface area contributed by atoms with Crippen LogP contribution in [0.3, 0.4) is 0 Å². The van der Waals surface area contributed by atoms with E-state index in [1.807, 2.05) is 0 Å². The van der Waals surface area contributed by atoms with Gasteiger partial charge in [0.05, 0.1) is 0 Å². The van der Waals surface area contributed by atoms with Gasteiger partial charge in [-0.15, -0.1) is 0 Å². The van der Waals surface area contributed by atoms with Gasteiger partial charge in [0.2, 0.25) is 0 Å². The van der Waals surface area contributed by atoms with Gasteiger partial charge in [-0.2, -0.15) is 0 Å². The van der Waals surface area contributed by atoms with Crippen molar-refractivity contribution in [3.63, 3.8) is 0 Å².